The first kappa shape index (κ1) is 23.5. The molecule has 0 radical (unpaired) electrons. The summed E-state index contributed by atoms with van der Waals surface area (Å²) in [6.45, 7) is 4.02. The van der Waals surface area contributed by atoms with Crippen molar-refractivity contribution in [1.82, 2.24) is 4.98 Å². The Kier molecular flexibility index (Phi) is 7.29. The van der Waals surface area contributed by atoms with E-state index in [1.807, 2.05) is 6.92 Å². The van der Waals surface area contributed by atoms with Crippen molar-refractivity contribution >= 4 is 21.3 Å². The predicted molar refractivity (Wildman–Crippen MR) is 120 cm³/mol. The third-order valence-electron chi connectivity index (χ3n) is 5.00. The Labute approximate surface area is 187 Å². The molecule has 1 aliphatic rings. The van der Waals surface area contributed by atoms with Gasteiger partial charge in [0.25, 0.3) is 0 Å². The van der Waals surface area contributed by atoms with Gasteiger partial charge in [0.2, 0.25) is 5.88 Å². The Hall–Kier alpha value is -3.20. The third-order valence-corrected chi connectivity index (χ3v) is 6.13. The number of hydrogen-bond acceptors (Lipinski definition) is 8. The van der Waals surface area contributed by atoms with Crippen molar-refractivity contribution in [2.45, 2.75) is 43.9 Å². The molecule has 1 aromatic carbocycles. The van der Waals surface area contributed by atoms with E-state index in [4.69, 9.17) is 9.57 Å². The molecule has 0 bridgehead atoms. The summed E-state index contributed by atoms with van der Waals surface area (Å²) in [6.07, 6.45) is 2.05. The second-order valence-corrected chi connectivity index (χ2v) is 9.42. The summed E-state index contributed by atoms with van der Waals surface area (Å²) in [7, 11) is -3.29. The summed E-state index contributed by atoms with van der Waals surface area (Å²) in [6, 6.07) is 11.3. The highest BCUT2D eigenvalue weighted by atomic mass is 32.2. The minimum Gasteiger partial charge on any atom is -0.511 e. The van der Waals surface area contributed by atoms with Gasteiger partial charge < -0.3 is 14.7 Å². The molecular weight excluding hydrogens is 432 g/mol. The third kappa shape index (κ3) is 5.53. The van der Waals surface area contributed by atoms with Gasteiger partial charge in [-0.1, -0.05) is 18.1 Å². The number of nitrogens with zero attached hydrogens (tertiary/aromatic N) is 2. The number of aliphatic hydroxyl groups excluding tert-OH is 1. The molecule has 0 amide bonds. The van der Waals surface area contributed by atoms with Crippen LogP contribution in [-0.2, 0) is 19.5 Å². The molecule has 1 N–H and O–H groups in total. The molecule has 1 heterocycles. The van der Waals surface area contributed by atoms with Gasteiger partial charge in [0.15, 0.2) is 15.6 Å². The minimum atomic E-state index is -3.29. The van der Waals surface area contributed by atoms with Gasteiger partial charge >= 0.3 is 0 Å². The van der Waals surface area contributed by atoms with Crippen LogP contribution in [0.4, 0.5) is 0 Å². The summed E-state index contributed by atoms with van der Waals surface area (Å²) in [5.74, 6) is 0.224. The number of aromatic nitrogens is 1. The van der Waals surface area contributed by atoms with Crippen LogP contribution >= 0.6 is 0 Å². The van der Waals surface area contributed by atoms with E-state index >= 15 is 0 Å². The minimum absolute atomic E-state index is 0.0176. The van der Waals surface area contributed by atoms with Crippen LogP contribution in [0.2, 0.25) is 0 Å². The molecule has 0 aliphatic heterocycles. The Balaban J connectivity index is 1.79. The number of pyridine rings is 1. The van der Waals surface area contributed by atoms with Gasteiger partial charge in [-0.15, -0.1) is 0 Å². The van der Waals surface area contributed by atoms with Crippen molar-refractivity contribution in [2.24, 2.45) is 5.16 Å². The molecule has 2 aromatic rings. The number of oxime groups is 1. The van der Waals surface area contributed by atoms with Crippen LogP contribution in [0.1, 0.15) is 44.7 Å². The van der Waals surface area contributed by atoms with Crippen molar-refractivity contribution in [1.29, 1.82) is 0 Å². The standard InChI is InChI=1S/C23H26N2O6S/c1-4-18(25-30-5-2)23-20(26)13-15(14-21(23)27)19-7-6-8-22(24-19)31-16-9-11-17(12-10-16)32(3,28)29/h6-12,15,26H,4-5,13-14H2,1-3H3/b25-18-. The number of benzene rings is 1. The lowest BCUT2D eigenvalue weighted by Gasteiger charge is -2.23. The van der Waals surface area contributed by atoms with Gasteiger partial charge in [0.1, 0.15) is 18.1 Å². The fourth-order valence-electron chi connectivity index (χ4n) is 3.45. The number of aliphatic hydroxyl groups is 1. The highest BCUT2D eigenvalue weighted by molar-refractivity contribution is 7.90. The van der Waals surface area contributed by atoms with Crippen LogP contribution in [0.25, 0.3) is 0 Å². The van der Waals surface area contributed by atoms with Gasteiger partial charge in [0, 0.05) is 36.8 Å². The summed E-state index contributed by atoms with van der Waals surface area (Å²) < 4.78 is 28.9. The summed E-state index contributed by atoms with van der Waals surface area (Å²) >= 11 is 0. The first-order valence-corrected chi connectivity index (χ1v) is 12.2. The van der Waals surface area contributed by atoms with Crippen molar-refractivity contribution < 1.29 is 27.9 Å². The number of Topliss-reactive ketones (excluding diaryl/α,β-unsaturated/α-hetero) is 1. The maximum Gasteiger partial charge on any atom is 0.219 e. The molecule has 0 spiro atoms. The van der Waals surface area contributed by atoms with E-state index in [9.17, 15) is 18.3 Å². The van der Waals surface area contributed by atoms with Gasteiger partial charge in [-0.2, -0.15) is 0 Å². The molecule has 9 heteroatoms. The van der Waals surface area contributed by atoms with Crippen LogP contribution in [-0.4, -0.2) is 42.9 Å². The Morgan fingerprint density at radius 2 is 1.88 bits per heavy atom. The molecule has 1 unspecified atom stereocenters. The van der Waals surface area contributed by atoms with E-state index in [1.165, 1.54) is 12.1 Å². The van der Waals surface area contributed by atoms with Crippen LogP contribution in [0.5, 0.6) is 11.6 Å². The van der Waals surface area contributed by atoms with E-state index < -0.39 is 9.84 Å². The van der Waals surface area contributed by atoms with E-state index in [-0.39, 0.29) is 40.8 Å². The molecule has 170 valence electrons. The number of hydrogen-bond donors (Lipinski definition) is 1. The molecule has 0 saturated carbocycles. The monoisotopic (exact) mass is 458 g/mol. The largest absolute Gasteiger partial charge is 0.511 e. The van der Waals surface area contributed by atoms with Gasteiger partial charge in [-0.25, -0.2) is 13.4 Å². The quantitative estimate of drug-likeness (QED) is 0.462. The molecule has 1 aromatic heterocycles. The maximum atomic E-state index is 12.8. The molecule has 1 aliphatic carbocycles. The number of sulfone groups is 1. The first-order valence-electron chi connectivity index (χ1n) is 10.3. The van der Waals surface area contributed by atoms with Crippen molar-refractivity contribution in [3.8, 4) is 11.6 Å². The first-order chi connectivity index (χ1) is 15.2. The van der Waals surface area contributed by atoms with Gasteiger partial charge in [-0.05, 0) is 43.7 Å². The number of carbonyl (C=O) groups excluding carboxylic acids is 1. The van der Waals surface area contributed by atoms with E-state index in [2.05, 4.69) is 10.1 Å². The molecule has 0 fully saturated rings. The van der Waals surface area contributed by atoms with Gasteiger partial charge in [0.05, 0.1) is 16.2 Å². The molecule has 0 saturated heterocycles. The molecule has 32 heavy (non-hydrogen) atoms. The lowest BCUT2D eigenvalue weighted by molar-refractivity contribution is -0.116. The highest BCUT2D eigenvalue weighted by Crippen LogP contribution is 2.34. The fraction of sp³-hybridized carbons (Fsp3) is 0.348. The zero-order valence-corrected chi connectivity index (χ0v) is 19.1. The topological polar surface area (TPSA) is 115 Å². The molecule has 1 atom stereocenters. The number of ketones is 1. The Morgan fingerprint density at radius 3 is 2.47 bits per heavy atom. The van der Waals surface area contributed by atoms with Crippen molar-refractivity contribution in [3.05, 3.63) is 59.5 Å². The summed E-state index contributed by atoms with van der Waals surface area (Å²) in [5.41, 5.74) is 1.29. The SMILES string of the molecule is CCO/N=C(/CC)C1=C(O)CC(c2cccc(Oc3ccc(S(C)(=O)=O)cc3)n2)CC1=O. The van der Waals surface area contributed by atoms with Gasteiger partial charge in [-0.3, -0.25) is 4.79 Å². The summed E-state index contributed by atoms with van der Waals surface area (Å²) in [5, 5.41) is 14.6. The number of rotatable bonds is 8. The lowest BCUT2D eigenvalue weighted by Crippen LogP contribution is -2.24. The second-order valence-electron chi connectivity index (χ2n) is 7.41. The molecular formula is C23H26N2O6S. The number of ether oxygens (including phenoxy) is 1. The van der Waals surface area contributed by atoms with Crippen LogP contribution in [0.15, 0.2) is 63.8 Å². The van der Waals surface area contributed by atoms with Crippen LogP contribution in [0, 0.1) is 0 Å². The smallest absolute Gasteiger partial charge is 0.219 e. The van der Waals surface area contributed by atoms with E-state index in [0.29, 0.717) is 36.1 Å². The van der Waals surface area contributed by atoms with Crippen LogP contribution in [0.3, 0.4) is 0 Å². The van der Waals surface area contributed by atoms with Crippen LogP contribution < -0.4 is 4.74 Å². The average Bonchev–Trinajstić information content (AvgIpc) is 2.75. The number of carbonyl (C=O) groups is 1. The second kappa shape index (κ2) is 9.95. The Bertz CT molecular complexity index is 1150. The zero-order valence-electron chi connectivity index (χ0n) is 18.2. The fourth-order valence-corrected chi connectivity index (χ4v) is 4.08. The average molecular weight is 459 g/mol. The lowest BCUT2D eigenvalue weighted by atomic mass is 9.83. The normalized spacial score (nSPS) is 17.4. The summed E-state index contributed by atoms with van der Waals surface area (Å²) in [4.78, 5) is 22.5. The van der Waals surface area contributed by atoms with E-state index in [0.717, 1.165) is 6.26 Å². The van der Waals surface area contributed by atoms with Crippen molar-refractivity contribution in [2.75, 3.05) is 12.9 Å². The number of allylic oxidation sites excluding steroid dienone is 2. The zero-order chi connectivity index (χ0) is 23.3. The Morgan fingerprint density at radius 1 is 1.16 bits per heavy atom. The van der Waals surface area contributed by atoms with Crippen molar-refractivity contribution in [3.63, 3.8) is 0 Å². The highest BCUT2D eigenvalue weighted by Gasteiger charge is 2.32. The van der Waals surface area contributed by atoms with E-state index in [1.54, 1.807) is 37.3 Å². The predicted octanol–water partition coefficient (Wildman–Crippen LogP) is 4.34. The molecule has 8 nitrogen and oxygen atoms in total. The maximum absolute atomic E-state index is 12.8. The molecule has 3 rings (SSSR count).